The maximum absolute atomic E-state index is 6.26. The number of hydrogen-bond acceptors (Lipinski definition) is 1. The molecule has 28 heavy (non-hydrogen) atoms. The molecule has 1 aromatic carbocycles. The van der Waals surface area contributed by atoms with Crippen LogP contribution in [0.2, 0.25) is 0 Å². The molecule has 1 nitrogen and oxygen atoms in total. The third kappa shape index (κ3) is 16.4. The Hall–Kier alpha value is -0.530. The summed E-state index contributed by atoms with van der Waals surface area (Å²) in [6.45, 7) is 2.29. The smallest absolute Gasteiger partial charge is 0.0294 e. The van der Waals surface area contributed by atoms with Gasteiger partial charge in [-0.3, -0.25) is 0 Å². The van der Waals surface area contributed by atoms with E-state index in [4.69, 9.17) is 5.73 Å². The maximum Gasteiger partial charge on any atom is 0.0294 e. The van der Waals surface area contributed by atoms with Crippen molar-refractivity contribution in [2.75, 3.05) is 0 Å². The summed E-state index contributed by atoms with van der Waals surface area (Å²) >= 11 is 0. The van der Waals surface area contributed by atoms with Crippen molar-refractivity contribution >= 4 is 12.4 Å². The number of halogens is 1. The van der Waals surface area contributed by atoms with E-state index in [2.05, 4.69) is 37.3 Å². The Bertz CT molecular complexity index is 406. The topological polar surface area (TPSA) is 26.0 Å². The molecule has 0 fully saturated rings. The molecule has 0 aliphatic rings. The van der Waals surface area contributed by atoms with Crippen LogP contribution in [0.3, 0.4) is 0 Å². The van der Waals surface area contributed by atoms with Gasteiger partial charge in [0, 0.05) is 6.04 Å². The van der Waals surface area contributed by atoms with Gasteiger partial charge in [0.25, 0.3) is 0 Å². The number of hydrogen-bond donors (Lipinski definition) is 1. The molecule has 0 saturated carbocycles. The molecule has 0 amide bonds. The Balaban J connectivity index is 0.00000729. The standard InChI is InChI=1S/C26H47N.ClH/c1-2-3-4-5-6-7-8-9-10-11-12-13-14-15-16-17-21-24-26(27)25-22-19-18-20-23-25;/h18-20,22-23,26H,2-17,21,24,27H2,1H3;1H. The number of rotatable bonds is 19. The van der Waals surface area contributed by atoms with Crippen LogP contribution >= 0.6 is 12.4 Å². The predicted octanol–water partition coefficient (Wildman–Crippen LogP) is 9.15. The van der Waals surface area contributed by atoms with E-state index < -0.39 is 0 Å². The van der Waals surface area contributed by atoms with Crippen molar-refractivity contribution in [2.24, 2.45) is 5.73 Å². The second-order valence-electron chi connectivity index (χ2n) is 8.46. The molecular formula is C26H48ClN. The largest absolute Gasteiger partial charge is 0.324 e. The molecule has 1 unspecified atom stereocenters. The molecule has 0 radical (unpaired) electrons. The Morgan fingerprint density at radius 2 is 0.929 bits per heavy atom. The number of unbranched alkanes of at least 4 members (excludes halogenated alkanes) is 16. The van der Waals surface area contributed by atoms with Gasteiger partial charge >= 0.3 is 0 Å². The van der Waals surface area contributed by atoms with Gasteiger partial charge in [0.15, 0.2) is 0 Å². The Morgan fingerprint density at radius 3 is 1.32 bits per heavy atom. The molecule has 1 atom stereocenters. The van der Waals surface area contributed by atoms with Gasteiger partial charge in [-0.1, -0.05) is 146 Å². The summed E-state index contributed by atoms with van der Waals surface area (Å²) in [4.78, 5) is 0. The lowest BCUT2D eigenvalue weighted by Crippen LogP contribution is -2.09. The Labute approximate surface area is 182 Å². The minimum Gasteiger partial charge on any atom is -0.324 e. The van der Waals surface area contributed by atoms with Crippen molar-refractivity contribution in [3.63, 3.8) is 0 Å². The summed E-state index contributed by atoms with van der Waals surface area (Å²) in [5, 5.41) is 0. The van der Waals surface area contributed by atoms with Gasteiger partial charge in [-0.2, -0.15) is 0 Å². The molecule has 0 spiro atoms. The fourth-order valence-corrected chi connectivity index (χ4v) is 3.96. The highest BCUT2D eigenvalue weighted by Gasteiger charge is 2.04. The zero-order valence-corrected chi connectivity index (χ0v) is 19.5. The second-order valence-corrected chi connectivity index (χ2v) is 8.46. The molecule has 1 rings (SSSR count). The van der Waals surface area contributed by atoms with Gasteiger partial charge in [0.1, 0.15) is 0 Å². The molecule has 1 aromatic rings. The van der Waals surface area contributed by atoms with Gasteiger partial charge < -0.3 is 5.73 Å². The van der Waals surface area contributed by atoms with Gasteiger partial charge in [-0.05, 0) is 12.0 Å². The molecule has 0 bridgehead atoms. The predicted molar refractivity (Wildman–Crippen MR) is 129 cm³/mol. The summed E-state index contributed by atoms with van der Waals surface area (Å²) in [5.74, 6) is 0. The van der Waals surface area contributed by atoms with Crippen molar-refractivity contribution < 1.29 is 0 Å². The van der Waals surface area contributed by atoms with E-state index in [0.29, 0.717) is 0 Å². The van der Waals surface area contributed by atoms with Gasteiger partial charge in [0.05, 0.1) is 0 Å². The van der Waals surface area contributed by atoms with E-state index in [1.807, 2.05) is 0 Å². The average Bonchev–Trinajstić information content (AvgIpc) is 2.70. The molecule has 0 aliphatic carbocycles. The normalized spacial score (nSPS) is 11.9. The SMILES string of the molecule is CCCCCCCCCCCCCCCCCCCC(N)c1ccccc1.Cl. The molecule has 0 aliphatic heterocycles. The minimum atomic E-state index is 0. The second kappa shape index (κ2) is 21.2. The van der Waals surface area contributed by atoms with Crippen LogP contribution in [0.5, 0.6) is 0 Å². The molecule has 164 valence electrons. The van der Waals surface area contributed by atoms with Crippen molar-refractivity contribution in [2.45, 2.75) is 129 Å². The monoisotopic (exact) mass is 409 g/mol. The van der Waals surface area contributed by atoms with Crippen LogP contribution in [0, 0.1) is 0 Å². The maximum atomic E-state index is 6.26. The van der Waals surface area contributed by atoms with Crippen LogP contribution in [0.15, 0.2) is 30.3 Å². The summed E-state index contributed by atoms with van der Waals surface area (Å²) in [7, 11) is 0. The van der Waals surface area contributed by atoms with Gasteiger partial charge in [-0.15, -0.1) is 12.4 Å². The van der Waals surface area contributed by atoms with Crippen molar-refractivity contribution in [3.8, 4) is 0 Å². The highest BCUT2D eigenvalue weighted by atomic mass is 35.5. The Kier molecular flexibility index (Phi) is 20.8. The Morgan fingerprint density at radius 1 is 0.571 bits per heavy atom. The first-order valence-electron chi connectivity index (χ1n) is 12.1. The fourth-order valence-electron chi connectivity index (χ4n) is 3.96. The van der Waals surface area contributed by atoms with Crippen LogP contribution in [0.25, 0.3) is 0 Å². The van der Waals surface area contributed by atoms with E-state index in [9.17, 15) is 0 Å². The quantitative estimate of drug-likeness (QED) is 0.226. The van der Waals surface area contributed by atoms with Gasteiger partial charge in [0.2, 0.25) is 0 Å². The lowest BCUT2D eigenvalue weighted by molar-refractivity contribution is 0.517. The average molecular weight is 410 g/mol. The summed E-state index contributed by atoms with van der Waals surface area (Å²) < 4.78 is 0. The molecule has 0 aromatic heterocycles. The summed E-state index contributed by atoms with van der Waals surface area (Å²) in [6.07, 6.45) is 25.4. The number of benzene rings is 1. The first-order chi connectivity index (χ1) is 13.3. The summed E-state index contributed by atoms with van der Waals surface area (Å²) in [6, 6.07) is 10.8. The summed E-state index contributed by atoms with van der Waals surface area (Å²) in [5.41, 5.74) is 7.55. The molecule has 0 heterocycles. The van der Waals surface area contributed by atoms with E-state index in [1.54, 1.807) is 0 Å². The molecule has 2 N–H and O–H groups in total. The van der Waals surface area contributed by atoms with Crippen molar-refractivity contribution in [3.05, 3.63) is 35.9 Å². The van der Waals surface area contributed by atoms with Crippen LogP contribution in [-0.2, 0) is 0 Å². The first kappa shape index (κ1) is 27.5. The molecule has 2 heteroatoms. The third-order valence-electron chi connectivity index (χ3n) is 5.85. The molecule has 0 saturated heterocycles. The molecular weight excluding hydrogens is 362 g/mol. The van der Waals surface area contributed by atoms with Gasteiger partial charge in [-0.25, -0.2) is 0 Å². The first-order valence-corrected chi connectivity index (χ1v) is 12.1. The third-order valence-corrected chi connectivity index (χ3v) is 5.85. The van der Waals surface area contributed by atoms with Crippen LogP contribution in [0.1, 0.15) is 134 Å². The lowest BCUT2D eigenvalue weighted by atomic mass is 10.00. The van der Waals surface area contributed by atoms with E-state index in [1.165, 1.54) is 115 Å². The minimum absolute atomic E-state index is 0. The van der Waals surface area contributed by atoms with Crippen LogP contribution < -0.4 is 5.73 Å². The lowest BCUT2D eigenvalue weighted by Gasteiger charge is -2.11. The van der Waals surface area contributed by atoms with Crippen molar-refractivity contribution in [1.82, 2.24) is 0 Å². The van der Waals surface area contributed by atoms with E-state index in [0.717, 1.165) is 6.42 Å². The van der Waals surface area contributed by atoms with Crippen LogP contribution in [0.4, 0.5) is 0 Å². The highest BCUT2D eigenvalue weighted by Crippen LogP contribution is 2.18. The zero-order chi connectivity index (χ0) is 19.4. The fraction of sp³-hybridized carbons (Fsp3) is 0.769. The van der Waals surface area contributed by atoms with E-state index in [-0.39, 0.29) is 18.4 Å². The zero-order valence-electron chi connectivity index (χ0n) is 18.7. The van der Waals surface area contributed by atoms with Crippen LogP contribution in [-0.4, -0.2) is 0 Å². The van der Waals surface area contributed by atoms with E-state index >= 15 is 0 Å². The number of nitrogens with two attached hydrogens (primary N) is 1. The van der Waals surface area contributed by atoms with Crippen molar-refractivity contribution in [1.29, 1.82) is 0 Å². The highest BCUT2D eigenvalue weighted by molar-refractivity contribution is 5.85.